The lowest BCUT2D eigenvalue weighted by atomic mass is 10.1. The summed E-state index contributed by atoms with van der Waals surface area (Å²) < 4.78 is 5.11. The lowest BCUT2D eigenvalue weighted by Gasteiger charge is -2.08. The number of ether oxygens (including phenoxy) is 1. The highest BCUT2D eigenvalue weighted by atomic mass is 16.5. The molecule has 2 aromatic carbocycles. The van der Waals surface area contributed by atoms with E-state index >= 15 is 0 Å². The summed E-state index contributed by atoms with van der Waals surface area (Å²) in [5.74, 6) is 0. The smallest absolute Gasteiger partial charge is 0.411 e. The average molecular weight is 266 g/mol. The van der Waals surface area contributed by atoms with E-state index in [0.717, 1.165) is 11.1 Å². The molecule has 2 rings (SSSR count). The van der Waals surface area contributed by atoms with Crippen molar-refractivity contribution in [2.75, 3.05) is 5.32 Å². The summed E-state index contributed by atoms with van der Waals surface area (Å²) in [6.45, 7) is 2.07. The van der Waals surface area contributed by atoms with Crippen LogP contribution in [0.2, 0.25) is 0 Å². The van der Waals surface area contributed by atoms with Gasteiger partial charge in [-0.15, -0.1) is 0 Å². The Labute approximate surface area is 117 Å². The maximum absolute atomic E-state index is 11.7. The third-order valence-corrected chi connectivity index (χ3v) is 2.67. The van der Waals surface area contributed by atoms with Gasteiger partial charge in [0.25, 0.3) is 0 Å². The predicted molar refractivity (Wildman–Crippen MR) is 76.1 cm³/mol. The number of carbonyl (C=O) groups is 1. The molecule has 0 aliphatic heterocycles. The number of aryl methyl sites for hydroxylation is 1. The van der Waals surface area contributed by atoms with Crippen LogP contribution in [0.5, 0.6) is 0 Å². The van der Waals surface area contributed by atoms with Crippen LogP contribution in [0, 0.1) is 18.3 Å². The summed E-state index contributed by atoms with van der Waals surface area (Å²) in [4.78, 5) is 11.7. The Hall–Kier alpha value is -2.80. The maximum atomic E-state index is 11.7. The van der Waals surface area contributed by atoms with E-state index < -0.39 is 6.09 Å². The number of nitriles is 1. The van der Waals surface area contributed by atoms with Crippen LogP contribution in [0.15, 0.2) is 48.5 Å². The lowest BCUT2D eigenvalue weighted by molar-refractivity contribution is 0.155. The number of nitrogens with zero attached hydrogens (tertiary/aromatic N) is 1. The summed E-state index contributed by atoms with van der Waals surface area (Å²) in [5, 5.41) is 11.5. The molecule has 0 fully saturated rings. The largest absolute Gasteiger partial charge is 0.444 e. The van der Waals surface area contributed by atoms with Gasteiger partial charge in [-0.3, -0.25) is 5.32 Å². The Morgan fingerprint density at radius 3 is 2.70 bits per heavy atom. The maximum Gasteiger partial charge on any atom is 0.411 e. The van der Waals surface area contributed by atoms with Crippen molar-refractivity contribution >= 4 is 11.8 Å². The van der Waals surface area contributed by atoms with Crippen LogP contribution in [0.3, 0.4) is 0 Å². The second kappa shape index (κ2) is 6.39. The minimum Gasteiger partial charge on any atom is -0.444 e. The molecule has 0 aliphatic rings. The van der Waals surface area contributed by atoms with Gasteiger partial charge < -0.3 is 4.74 Å². The second-order valence-corrected chi connectivity index (χ2v) is 4.39. The molecule has 0 atom stereocenters. The summed E-state index contributed by atoms with van der Waals surface area (Å²) in [5.41, 5.74) is 2.88. The molecule has 0 heterocycles. The van der Waals surface area contributed by atoms with E-state index in [-0.39, 0.29) is 6.61 Å². The molecule has 4 nitrogen and oxygen atoms in total. The number of hydrogen-bond donors (Lipinski definition) is 1. The van der Waals surface area contributed by atoms with E-state index in [4.69, 9.17) is 10.00 Å². The van der Waals surface area contributed by atoms with Crippen LogP contribution in [-0.2, 0) is 11.3 Å². The van der Waals surface area contributed by atoms with Gasteiger partial charge >= 0.3 is 6.09 Å². The van der Waals surface area contributed by atoms with E-state index in [2.05, 4.69) is 5.32 Å². The standard InChI is InChI=1S/C16H14N2O2/c1-12-7-14(10-17)9-15(8-12)18-16(19)20-11-13-5-3-2-4-6-13/h2-9H,11H2,1H3,(H,18,19). The molecule has 1 N–H and O–H groups in total. The molecule has 0 radical (unpaired) electrons. The third kappa shape index (κ3) is 3.85. The Morgan fingerprint density at radius 1 is 1.25 bits per heavy atom. The minimum absolute atomic E-state index is 0.212. The average Bonchev–Trinajstić information content (AvgIpc) is 2.45. The zero-order chi connectivity index (χ0) is 14.4. The highest BCUT2D eigenvalue weighted by molar-refractivity contribution is 5.85. The zero-order valence-electron chi connectivity index (χ0n) is 11.1. The topological polar surface area (TPSA) is 62.1 Å². The first kappa shape index (κ1) is 13.6. The first-order chi connectivity index (χ1) is 9.67. The van der Waals surface area contributed by atoms with E-state index in [1.54, 1.807) is 18.2 Å². The van der Waals surface area contributed by atoms with Crippen molar-refractivity contribution in [3.05, 3.63) is 65.2 Å². The molecular weight excluding hydrogens is 252 g/mol. The van der Waals surface area contributed by atoms with Crippen molar-refractivity contribution in [3.8, 4) is 6.07 Å². The molecule has 0 unspecified atom stereocenters. The van der Waals surface area contributed by atoms with Gasteiger partial charge in [-0.05, 0) is 36.2 Å². The zero-order valence-corrected chi connectivity index (χ0v) is 11.1. The third-order valence-electron chi connectivity index (χ3n) is 2.67. The number of benzene rings is 2. The van der Waals surface area contributed by atoms with Crippen LogP contribution in [0.25, 0.3) is 0 Å². The quantitative estimate of drug-likeness (QED) is 0.923. The fraction of sp³-hybridized carbons (Fsp3) is 0.125. The van der Waals surface area contributed by atoms with Crippen molar-refractivity contribution in [2.45, 2.75) is 13.5 Å². The highest BCUT2D eigenvalue weighted by Gasteiger charge is 2.05. The first-order valence-electron chi connectivity index (χ1n) is 6.17. The molecule has 1 amide bonds. The molecule has 0 saturated heterocycles. The number of anilines is 1. The van der Waals surface area contributed by atoms with Gasteiger partial charge in [0.2, 0.25) is 0 Å². The van der Waals surface area contributed by atoms with E-state index in [1.165, 1.54) is 0 Å². The van der Waals surface area contributed by atoms with Gasteiger partial charge in [0, 0.05) is 5.69 Å². The molecule has 0 spiro atoms. The van der Waals surface area contributed by atoms with E-state index in [1.807, 2.05) is 43.3 Å². The molecule has 0 bridgehead atoms. The minimum atomic E-state index is -0.539. The fourth-order valence-electron chi connectivity index (χ4n) is 1.80. The fourth-order valence-corrected chi connectivity index (χ4v) is 1.80. The monoisotopic (exact) mass is 266 g/mol. The van der Waals surface area contributed by atoms with Crippen LogP contribution in [0.1, 0.15) is 16.7 Å². The Morgan fingerprint density at radius 2 is 2.00 bits per heavy atom. The van der Waals surface area contributed by atoms with Crippen molar-refractivity contribution in [3.63, 3.8) is 0 Å². The molecule has 2 aromatic rings. The Bertz CT molecular complexity index is 645. The van der Waals surface area contributed by atoms with Crippen LogP contribution >= 0.6 is 0 Å². The molecule has 20 heavy (non-hydrogen) atoms. The molecule has 0 saturated carbocycles. The van der Waals surface area contributed by atoms with Gasteiger partial charge in [0.05, 0.1) is 11.6 Å². The predicted octanol–water partition coefficient (Wildman–Crippen LogP) is 3.62. The first-order valence-corrected chi connectivity index (χ1v) is 6.17. The number of nitrogens with one attached hydrogen (secondary N) is 1. The van der Waals surface area contributed by atoms with Crippen LogP contribution in [-0.4, -0.2) is 6.09 Å². The normalized spacial score (nSPS) is 9.60. The summed E-state index contributed by atoms with van der Waals surface area (Å²) in [6, 6.07) is 16.6. The van der Waals surface area contributed by atoms with Gasteiger partial charge in [0.1, 0.15) is 6.61 Å². The van der Waals surface area contributed by atoms with Crippen molar-refractivity contribution in [1.29, 1.82) is 5.26 Å². The van der Waals surface area contributed by atoms with Crippen LogP contribution in [0.4, 0.5) is 10.5 Å². The van der Waals surface area contributed by atoms with Gasteiger partial charge in [-0.1, -0.05) is 30.3 Å². The summed E-state index contributed by atoms with van der Waals surface area (Å²) in [7, 11) is 0. The summed E-state index contributed by atoms with van der Waals surface area (Å²) in [6.07, 6.45) is -0.539. The van der Waals surface area contributed by atoms with Crippen molar-refractivity contribution in [1.82, 2.24) is 0 Å². The van der Waals surface area contributed by atoms with E-state index in [0.29, 0.717) is 11.3 Å². The summed E-state index contributed by atoms with van der Waals surface area (Å²) >= 11 is 0. The number of carbonyl (C=O) groups excluding carboxylic acids is 1. The molecular formula is C16H14N2O2. The molecule has 0 aromatic heterocycles. The highest BCUT2D eigenvalue weighted by Crippen LogP contribution is 2.14. The number of amides is 1. The van der Waals surface area contributed by atoms with Gasteiger partial charge in [-0.25, -0.2) is 4.79 Å². The molecule has 100 valence electrons. The van der Waals surface area contributed by atoms with E-state index in [9.17, 15) is 4.79 Å². The number of hydrogen-bond acceptors (Lipinski definition) is 3. The Kier molecular flexibility index (Phi) is 4.35. The SMILES string of the molecule is Cc1cc(C#N)cc(NC(=O)OCc2ccccc2)c1. The Balaban J connectivity index is 1.95. The number of rotatable bonds is 3. The van der Waals surface area contributed by atoms with Gasteiger partial charge in [0.15, 0.2) is 0 Å². The molecule has 0 aliphatic carbocycles. The second-order valence-electron chi connectivity index (χ2n) is 4.39. The lowest BCUT2D eigenvalue weighted by Crippen LogP contribution is -2.13. The van der Waals surface area contributed by atoms with Crippen molar-refractivity contribution in [2.24, 2.45) is 0 Å². The molecule has 4 heteroatoms. The van der Waals surface area contributed by atoms with Crippen LogP contribution < -0.4 is 5.32 Å². The van der Waals surface area contributed by atoms with Gasteiger partial charge in [-0.2, -0.15) is 5.26 Å². The van der Waals surface area contributed by atoms with Crippen molar-refractivity contribution < 1.29 is 9.53 Å².